The minimum Gasteiger partial charge on any atom is -0.330 e. The van der Waals surface area contributed by atoms with Crippen LogP contribution in [0.15, 0.2) is 48.8 Å². The highest BCUT2D eigenvalue weighted by Gasteiger charge is 2.02. The number of hydrogen-bond donors (Lipinski definition) is 1. The van der Waals surface area contributed by atoms with Crippen molar-refractivity contribution >= 4 is 0 Å². The van der Waals surface area contributed by atoms with Crippen LogP contribution >= 0.6 is 0 Å². The number of hydrogen-bond acceptors (Lipinski definition) is 2. The molecule has 1 heterocycles. The van der Waals surface area contributed by atoms with Gasteiger partial charge in [-0.15, -0.1) is 0 Å². The number of nitrogens with two attached hydrogens (primary N) is 1. The van der Waals surface area contributed by atoms with Gasteiger partial charge >= 0.3 is 0 Å². The highest BCUT2D eigenvalue weighted by molar-refractivity contribution is 5.66. The Morgan fingerprint density at radius 2 is 1.87 bits per heavy atom. The molecule has 0 aliphatic carbocycles. The van der Waals surface area contributed by atoms with Gasteiger partial charge in [-0.05, 0) is 35.7 Å². The Morgan fingerprint density at radius 3 is 2.60 bits per heavy atom. The molecule has 0 atom stereocenters. The van der Waals surface area contributed by atoms with E-state index in [0.717, 1.165) is 6.42 Å². The second-order valence-corrected chi connectivity index (χ2v) is 3.44. The maximum absolute atomic E-state index is 5.58. The van der Waals surface area contributed by atoms with Gasteiger partial charge < -0.3 is 5.73 Å². The zero-order valence-corrected chi connectivity index (χ0v) is 8.56. The van der Waals surface area contributed by atoms with Gasteiger partial charge in [0.1, 0.15) is 0 Å². The predicted molar refractivity (Wildman–Crippen MR) is 62.4 cm³/mol. The van der Waals surface area contributed by atoms with E-state index >= 15 is 0 Å². The summed E-state index contributed by atoms with van der Waals surface area (Å²) in [5, 5.41) is 0. The lowest BCUT2D eigenvalue weighted by atomic mass is 10.0. The monoisotopic (exact) mass is 198 g/mol. The maximum Gasteiger partial charge on any atom is 0.0306 e. The molecule has 0 aliphatic heterocycles. The van der Waals surface area contributed by atoms with Gasteiger partial charge in [0.15, 0.2) is 0 Å². The lowest BCUT2D eigenvalue weighted by Gasteiger charge is -2.07. The average Bonchev–Trinajstić information content (AvgIpc) is 2.31. The van der Waals surface area contributed by atoms with Gasteiger partial charge in [0.2, 0.25) is 0 Å². The smallest absolute Gasteiger partial charge is 0.0306 e. The van der Waals surface area contributed by atoms with E-state index in [0.29, 0.717) is 6.54 Å². The molecule has 2 heteroatoms. The number of pyridine rings is 1. The van der Waals surface area contributed by atoms with Crippen molar-refractivity contribution in [1.29, 1.82) is 0 Å². The molecule has 0 aliphatic rings. The molecule has 0 fully saturated rings. The van der Waals surface area contributed by atoms with Gasteiger partial charge in [-0.25, -0.2) is 0 Å². The van der Waals surface area contributed by atoms with Gasteiger partial charge in [-0.3, -0.25) is 4.98 Å². The molecule has 2 rings (SSSR count). The lowest BCUT2D eigenvalue weighted by molar-refractivity contribution is 0.960. The van der Waals surface area contributed by atoms with Crippen molar-refractivity contribution in [3.8, 4) is 11.1 Å². The summed E-state index contributed by atoms with van der Waals surface area (Å²) >= 11 is 0. The second kappa shape index (κ2) is 4.71. The zero-order valence-electron chi connectivity index (χ0n) is 8.56. The molecule has 2 N–H and O–H groups in total. The molecule has 0 spiro atoms. The fraction of sp³-hybridized carbons (Fsp3) is 0.154. The Hall–Kier alpha value is -1.67. The summed E-state index contributed by atoms with van der Waals surface area (Å²) in [6.07, 6.45) is 4.59. The van der Waals surface area contributed by atoms with Gasteiger partial charge in [-0.1, -0.05) is 30.3 Å². The van der Waals surface area contributed by atoms with E-state index in [1.165, 1.54) is 16.7 Å². The highest BCUT2D eigenvalue weighted by atomic mass is 14.6. The molecule has 0 saturated carbocycles. The molecule has 15 heavy (non-hydrogen) atoms. The largest absolute Gasteiger partial charge is 0.330 e. The van der Waals surface area contributed by atoms with E-state index in [9.17, 15) is 0 Å². The summed E-state index contributed by atoms with van der Waals surface area (Å²) in [6, 6.07) is 12.4. The molecule has 0 saturated heterocycles. The van der Waals surface area contributed by atoms with Crippen LogP contribution < -0.4 is 5.73 Å². The molecule has 0 bridgehead atoms. The van der Waals surface area contributed by atoms with Crippen molar-refractivity contribution in [2.45, 2.75) is 6.42 Å². The van der Waals surface area contributed by atoms with E-state index in [1.54, 1.807) is 0 Å². The summed E-state index contributed by atoms with van der Waals surface area (Å²) < 4.78 is 0. The fourth-order valence-corrected chi connectivity index (χ4v) is 1.68. The third-order valence-electron chi connectivity index (χ3n) is 2.40. The normalized spacial score (nSPS) is 10.2. The standard InChI is InChI=1S/C13H14N2/c14-8-6-12-10-15-9-7-13(12)11-4-2-1-3-5-11/h1-5,7,9-10H,6,8,14H2. The maximum atomic E-state index is 5.58. The van der Waals surface area contributed by atoms with Crippen molar-refractivity contribution in [2.75, 3.05) is 6.54 Å². The lowest BCUT2D eigenvalue weighted by Crippen LogP contribution is -2.04. The second-order valence-electron chi connectivity index (χ2n) is 3.44. The van der Waals surface area contributed by atoms with E-state index < -0.39 is 0 Å². The molecule has 0 amide bonds. The number of aromatic nitrogens is 1. The van der Waals surface area contributed by atoms with Crippen LogP contribution in [0.3, 0.4) is 0 Å². The predicted octanol–water partition coefficient (Wildman–Crippen LogP) is 2.25. The minimum absolute atomic E-state index is 0.658. The van der Waals surface area contributed by atoms with Crippen LogP contribution in [0.4, 0.5) is 0 Å². The van der Waals surface area contributed by atoms with Crippen LogP contribution in [0.25, 0.3) is 11.1 Å². The molecule has 1 aromatic heterocycles. The van der Waals surface area contributed by atoms with Crippen molar-refractivity contribution in [2.24, 2.45) is 5.73 Å². The summed E-state index contributed by atoms with van der Waals surface area (Å²) in [4.78, 5) is 4.13. The summed E-state index contributed by atoms with van der Waals surface area (Å²) in [5.41, 5.74) is 9.25. The molecule has 76 valence electrons. The molecule has 2 nitrogen and oxygen atoms in total. The Kier molecular flexibility index (Phi) is 3.10. The minimum atomic E-state index is 0.658. The van der Waals surface area contributed by atoms with Crippen molar-refractivity contribution in [3.05, 3.63) is 54.4 Å². The average molecular weight is 198 g/mol. The van der Waals surface area contributed by atoms with Crippen molar-refractivity contribution in [3.63, 3.8) is 0 Å². The Bertz CT molecular complexity index is 424. The number of benzene rings is 1. The van der Waals surface area contributed by atoms with Crippen LogP contribution in [-0.2, 0) is 6.42 Å². The molecule has 2 aromatic rings. The van der Waals surface area contributed by atoms with Crippen molar-refractivity contribution < 1.29 is 0 Å². The van der Waals surface area contributed by atoms with E-state index in [-0.39, 0.29) is 0 Å². The first-order valence-electron chi connectivity index (χ1n) is 5.10. The SMILES string of the molecule is NCCc1cnccc1-c1ccccc1. The van der Waals surface area contributed by atoms with Crippen molar-refractivity contribution in [1.82, 2.24) is 4.98 Å². The van der Waals surface area contributed by atoms with Gasteiger partial charge in [0, 0.05) is 12.4 Å². The molecular weight excluding hydrogens is 184 g/mol. The molecule has 0 unspecified atom stereocenters. The van der Waals surface area contributed by atoms with Gasteiger partial charge in [-0.2, -0.15) is 0 Å². The van der Waals surface area contributed by atoms with Gasteiger partial charge in [0.05, 0.1) is 0 Å². The molecular formula is C13H14N2. The Morgan fingerprint density at radius 1 is 1.07 bits per heavy atom. The van der Waals surface area contributed by atoms with E-state index in [1.807, 2.05) is 36.7 Å². The van der Waals surface area contributed by atoms with Crippen LogP contribution in [0.1, 0.15) is 5.56 Å². The van der Waals surface area contributed by atoms with Crippen LogP contribution in [0, 0.1) is 0 Å². The number of rotatable bonds is 3. The topological polar surface area (TPSA) is 38.9 Å². The van der Waals surface area contributed by atoms with Crippen LogP contribution in [-0.4, -0.2) is 11.5 Å². The highest BCUT2D eigenvalue weighted by Crippen LogP contribution is 2.22. The van der Waals surface area contributed by atoms with E-state index in [4.69, 9.17) is 5.73 Å². The summed E-state index contributed by atoms with van der Waals surface area (Å²) in [6.45, 7) is 0.658. The fourth-order valence-electron chi connectivity index (χ4n) is 1.68. The number of nitrogens with zero attached hydrogens (tertiary/aromatic N) is 1. The Labute approximate surface area is 89.8 Å². The molecule has 1 aromatic carbocycles. The first kappa shape index (κ1) is 9.87. The Balaban J connectivity index is 2.43. The van der Waals surface area contributed by atoms with Crippen LogP contribution in [0.5, 0.6) is 0 Å². The zero-order chi connectivity index (χ0) is 10.5. The third-order valence-corrected chi connectivity index (χ3v) is 2.40. The third kappa shape index (κ3) is 2.22. The van der Waals surface area contributed by atoms with Crippen LogP contribution in [0.2, 0.25) is 0 Å². The summed E-state index contributed by atoms with van der Waals surface area (Å²) in [7, 11) is 0. The molecule has 0 radical (unpaired) electrons. The quantitative estimate of drug-likeness (QED) is 0.821. The summed E-state index contributed by atoms with van der Waals surface area (Å²) in [5.74, 6) is 0. The van der Waals surface area contributed by atoms with Gasteiger partial charge in [0.25, 0.3) is 0 Å². The first-order chi connectivity index (χ1) is 7.42. The first-order valence-corrected chi connectivity index (χ1v) is 5.10. The van der Waals surface area contributed by atoms with E-state index in [2.05, 4.69) is 17.1 Å².